The fraction of sp³-hybridized carbons (Fsp3) is 0.500. The van der Waals surface area contributed by atoms with Crippen LogP contribution in [0.15, 0.2) is 18.3 Å². The third-order valence-electron chi connectivity index (χ3n) is 3.06. The first-order valence-electron chi connectivity index (χ1n) is 5.76. The van der Waals surface area contributed by atoms with E-state index < -0.39 is 5.82 Å². The summed E-state index contributed by atoms with van der Waals surface area (Å²) in [4.78, 5) is 17.5. The van der Waals surface area contributed by atoms with Gasteiger partial charge in [-0.05, 0) is 31.4 Å². The lowest BCUT2D eigenvalue weighted by molar-refractivity contribution is 0.0520. The van der Waals surface area contributed by atoms with Crippen LogP contribution in [0.25, 0.3) is 0 Å². The maximum absolute atomic E-state index is 12.7. The van der Waals surface area contributed by atoms with Crippen molar-refractivity contribution >= 4 is 5.91 Å². The van der Waals surface area contributed by atoms with Crippen LogP contribution in [0.3, 0.4) is 0 Å². The molecule has 1 saturated carbocycles. The Morgan fingerprint density at radius 2 is 2.29 bits per heavy atom. The first kappa shape index (κ1) is 12.0. The van der Waals surface area contributed by atoms with E-state index in [0.717, 1.165) is 25.5 Å². The minimum atomic E-state index is -0.459. The second-order valence-electron chi connectivity index (χ2n) is 4.17. The Hall–Kier alpha value is -1.49. The molecule has 17 heavy (non-hydrogen) atoms. The highest BCUT2D eigenvalue weighted by Gasteiger charge is 2.29. The highest BCUT2D eigenvalue weighted by atomic mass is 19.1. The fourth-order valence-electron chi connectivity index (χ4n) is 1.91. The number of pyridine rings is 1. The summed E-state index contributed by atoms with van der Waals surface area (Å²) in [6.07, 6.45) is 4.07. The SMILES string of the molecule is O=C(c1ccc(F)cn1)N(CCO)C1CCC1. The van der Waals surface area contributed by atoms with E-state index in [1.807, 2.05) is 0 Å². The predicted molar refractivity (Wildman–Crippen MR) is 60.0 cm³/mol. The molecule has 2 rings (SSSR count). The average molecular weight is 238 g/mol. The van der Waals surface area contributed by atoms with Crippen LogP contribution in [0.4, 0.5) is 4.39 Å². The third-order valence-corrected chi connectivity index (χ3v) is 3.06. The van der Waals surface area contributed by atoms with Crippen LogP contribution < -0.4 is 0 Å². The van der Waals surface area contributed by atoms with E-state index in [-0.39, 0.29) is 24.2 Å². The molecule has 1 N–H and O–H groups in total. The van der Waals surface area contributed by atoms with Crippen molar-refractivity contribution in [2.24, 2.45) is 0 Å². The molecule has 0 aromatic carbocycles. The topological polar surface area (TPSA) is 53.4 Å². The van der Waals surface area contributed by atoms with Crippen molar-refractivity contribution in [3.05, 3.63) is 29.8 Å². The van der Waals surface area contributed by atoms with Gasteiger partial charge in [0.15, 0.2) is 0 Å². The number of halogens is 1. The van der Waals surface area contributed by atoms with Crippen LogP contribution in [-0.2, 0) is 0 Å². The molecule has 0 atom stereocenters. The molecule has 1 aliphatic carbocycles. The molecule has 0 radical (unpaired) electrons. The van der Waals surface area contributed by atoms with E-state index in [2.05, 4.69) is 4.98 Å². The van der Waals surface area contributed by atoms with Crippen LogP contribution >= 0.6 is 0 Å². The van der Waals surface area contributed by atoms with Crippen LogP contribution in [0.5, 0.6) is 0 Å². The van der Waals surface area contributed by atoms with Gasteiger partial charge in [-0.1, -0.05) is 0 Å². The number of carbonyl (C=O) groups excluding carboxylic acids is 1. The highest BCUT2D eigenvalue weighted by Crippen LogP contribution is 2.25. The molecule has 0 unspecified atom stereocenters. The summed E-state index contributed by atoms with van der Waals surface area (Å²) in [5.41, 5.74) is 0.228. The summed E-state index contributed by atoms with van der Waals surface area (Å²) >= 11 is 0. The molecule has 1 aromatic heterocycles. The average Bonchev–Trinajstić information content (AvgIpc) is 2.26. The van der Waals surface area contributed by atoms with Crippen LogP contribution in [0.1, 0.15) is 29.8 Å². The second-order valence-corrected chi connectivity index (χ2v) is 4.17. The summed E-state index contributed by atoms with van der Waals surface area (Å²) in [6, 6.07) is 2.79. The Labute approximate surface area is 99.1 Å². The largest absolute Gasteiger partial charge is 0.395 e. The van der Waals surface area contributed by atoms with E-state index >= 15 is 0 Å². The number of aliphatic hydroxyl groups is 1. The number of aromatic nitrogens is 1. The van der Waals surface area contributed by atoms with Crippen LogP contribution in [0, 0.1) is 5.82 Å². The third kappa shape index (κ3) is 2.61. The summed E-state index contributed by atoms with van der Waals surface area (Å²) in [7, 11) is 0. The van der Waals surface area contributed by atoms with Gasteiger partial charge >= 0.3 is 0 Å². The number of nitrogens with zero attached hydrogens (tertiary/aromatic N) is 2. The Bertz CT molecular complexity index is 390. The summed E-state index contributed by atoms with van der Waals surface area (Å²) in [6.45, 7) is 0.242. The smallest absolute Gasteiger partial charge is 0.272 e. The van der Waals surface area contributed by atoms with E-state index in [0.29, 0.717) is 6.54 Å². The number of rotatable bonds is 4. The zero-order valence-corrected chi connectivity index (χ0v) is 9.47. The standard InChI is InChI=1S/C12H15FN2O2/c13-9-4-5-11(14-8-9)12(17)15(6-7-16)10-2-1-3-10/h4-5,8,10,16H,1-3,6-7H2. The quantitative estimate of drug-likeness (QED) is 0.857. The predicted octanol–water partition coefficient (Wildman–Crippen LogP) is 1.21. The molecule has 0 spiro atoms. The number of hydrogen-bond donors (Lipinski definition) is 1. The molecule has 1 heterocycles. The maximum Gasteiger partial charge on any atom is 0.272 e. The molecule has 0 bridgehead atoms. The molecule has 1 amide bonds. The van der Waals surface area contributed by atoms with Gasteiger partial charge < -0.3 is 10.0 Å². The Morgan fingerprint density at radius 3 is 2.76 bits per heavy atom. The van der Waals surface area contributed by atoms with Gasteiger partial charge in [-0.3, -0.25) is 4.79 Å². The fourth-order valence-corrected chi connectivity index (χ4v) is 1.91. The Balaban J connectivity index is 2.12. The lowest BCUT2D eigenvalue weighted by atomic mass is 9.91. The molecule has 0 saturated heterocycles. The lowest BCUT2D eigenvalue weighted by Crippen LogP contribution is -2.45. The van der Waals surface area contributed by atoms with Crippen molar-refractivity contribution in [1.29, 1.82) is 0 Å². The van der Waals surface area contributed by atoms with E-state index in [9.17, 15) is 9.18 Å². The van der Waals surface area contributed by atoms with Crippen LogP contribution in [0.2, 0.25) is 0 Å². The zero-order chi connectivity index (χ0) is 12.3. The van der Waals surface area contributed by atoms with Crippen molar-refractivity contribution in [2.45, 2.75) is 25.3 Å². The van der Waals surface area contributed by atoms with Gasteiger partial charge in [0, 0.05) is 12.6 Å². The second kappa shape index (κ2) is 5.23. The number of hydrogen-bond acceptors (Lipinski definition) is 3. The first-order valence-corrected chi connectivity index (χ1v) is 5.76. The molecular weight excluding hydrogens is 223 g/mol. The highest BCUT2D eigenvalue weighted by molar-refractivity contribution is 5.92. The molecule has 1 aromatic rings. The monoisotopic (exact) mass is 238 g/mol. The molecule has 1 fully saturated rings. The maximum atomic E-state index is 12.7. The molecule has 4 nitrogen and oxygen atoms in total. The number of aliphatic hydroxyl groups excluding tert-OH is 1. The van der Waals surface area contributed by atoms with Gasteiger partial charge in [0.1, 0.15) is 11.5 Å². The molecule has 0 aliphatic heterocycles. The number of carbonyl (C=O) groups is 1. The normalized spacial score (nSPS) is 15.4. The van der Waals surface area contributed by atoms with Crippen molar-refractivity contribution in [2.75, 3.05) is 13.2 Å². The minimum absolute atomic E-state index is 0.0660. The van der Waals surface area contributed by atoms with Crippen LogP contribution in [-0.4, -0.2) is 40.1 Å². The van der Waals surface area contributed by atoms with Gasteiger partial charge in [0.2, 0.25) is 0 Å². The lowest BCUT2D eigenvalue weighted by Gasteiger charge is -2.37. The van der Waals surface area contributed by atoms with Gasteiger partial charge in [0.05, 0.1) is 12.8 Å². The first-order chi connectivity index (χ1) is 8.22. The summed E-state index contributed by atoms with van der Waals surface area (Å²) < 4.78 is 12.7. The van der Waals surface area contributed by atoms with Gasteiger partial charge in [-0.15, -0.1) is 0 Å². The van der Waals surface area contributed by atoms with Gasteiger partial charge in [-0.2, -0.15) is 0 Å². The van der Waals surface area contributed by atoms with Crippen molar-refractivity contribution in [3.8, 4) is 0 Å². The van der Waals surface area contributed by atoms with E-state index in [4.69, 9.17) is 5.11 Å². The summed E-state index contributed by atoms with van der Waals surface area (Å²) in [5, 5.41) is 8.97. The molecule has 1 aliphatic rings. The van der Waals surface area contributed by atoms with Crippen molar-refractivity contribution in [3.63, 3.8) is 0 Å². The van der Waals surface area contributed by atoms with Crippen molar-refractivity contribution < 1.29 is 14.3 Å². The van der Waals surface area contributed by atoms with Gasteiger partial charge in [0.25, 0.3) is 5.91 Å². The molecule has 92 valence electrons. The van der Waals surface area contributed by atoms with Crippen molar-refractivity contribution in [1.82, 2.24) is 9.88 Å². The summed E-state index contributed by atoms with van der Waals surface area (Å²) in [5.74, 6) is -0.692. The van der Waals surface area contributed by atoms with Gasteiger partial charge in [-0.25, -0.2) is 9.37 Å². The molecule has 5 heteroatoms. The van der Waals surface area contributed by atoms with E-state index in [1.165, 1.54) is 12.1 Å². The molecular formula is C12H15FN2O2. The Kier molecular flexibility index (Phi) is 3.68. The number of amides is 1. The zero-order valence-electron chi connectivity index (χ0n) is 9.47. The minimum Gasteiger partial charge on any atom is -0.395 e. The van der Waals surface area contributed by atoms with E-state index in [1.54, 1.807) is 4.90 Å². The Morgan fingerprint density at radius 1 is 1.53 bits per heavy atom.